The summed E-state index contributed by atoms with van der Waals surface area (Å²) >= 11 is -4.01. The van der Waals surface area contributed by atoms with Crippen molar-refractivity contribution in [3.8, 4) is 0 Å². The third kappa shape index (κ3) is 14.8. The van der Waals surface area contributed by atoms with Gasteiger partial charge in [0, 0.05) is 0 Å². The second kappa shape index (κ2) is 15.0. The summed E-state index contributed by atoms with van der Waals surface area (Å²) < 4.78 is 27.0. The van der Waals surface area contributed by atoms with Crippen LogP contribution in [-0.4, -0.2) is 30.7 Å². The fraction of sp³-hybridized carbons (Fsp3) is 1.00. The molecular formula is C14H32INO3. The Morgan fingerprint density at radius 2 is 1.05 bits per heavy atom. The number of quaternary nitrogens is 1. The van der Waals surface area contributed by atoms with Crippen LogP contribution in [0.15, 0.2) is 0 Å². The lowest BCUT2D eigenvalue weighted by Gasteiger charge is -2.35. The van der Waals surface area contributed by atoms with Crippen molar-refractivity contribution < 1.29 is 35.9 Å². The smallest absolute Gasteiger partial charge is 0.282 e. The molecule has 0 heterocycles. The maximum atomic E-state index is 8.57. The fourth-order valence-electron chi connectivity index (χ4n) is 2.37. The molecule has 0 amide bonds. The van der Waals surface area contributed by atoms with E-state index in [9.17, 15) is 0 Å². The molecule has 0 saturated heterocycles. The van der Waals surface area contributed by atoms with Crippen LogP contribution < -0.4 is 31.4 Å². The first-order valence-corrected chi connectivity index (χ1v) is 10.2. The Morgan fingerprint density at radius 3 is 1.42 bits per heavy atom. The van der Waals surface area contributed by atoms with Crippen LogP contribution in [0.4, 0.5) is 0 Å². The number of hydrogen-bond donors (Lipinski definition) is 0. The molecule has 0 N–H and O–H groups in total. The third-order valence-corrected chi connectivity index (χ3v) is 4.00. The van der Waals surface area contributed by atoms with Gasteiger partial charge < -0.3 is 14.8 Å². The van der Waals surface area contributed by atoms with Crippen molar-refractivity contribution in [3.63, 3.8) is 0 Å². The Morgan fingerprint density at radius 1 is 0.684 bits per heavy atom. The van der Waals surface area contributed by atoms with Gasteiger partial charge in [-0.2, -0.15) is 0 Å². The van der Waals surface area contributed by atoms with E-state index in [1.165, 1.54) is 69.2 Å². The van der Waals surface area contributed by atoms with Crippen molar-refractivity contribution in [2.24, 2.45) is 0 Å². The van der Waals surface area contributed by atoms with Crippen molar-refractivity contribution in [1.29, 1.82) is 0 Å². The molecule has 0 aliphatic carbocycles. The predicted molar refractivity (Wildman–Crippen MR) is 70.1 cm³/mol. The molecule has 5 heteroatoms. The van der Waals surface area contributed by atoms with Gasteiger partial charge >= 0.3 is 0 Å². The van der Waals surface area contributed by atoms with Crippen LogP contribution in [0.5, 0.6) is 0 Å². The van der Waals surface area contributed by atoms with Gasteiger partial charge in [-0.3, -0.25) is 0 Å². The maximum Gasteiger partial charge on any atom is 0.282 e. The number of hydrogen-bond acceptors (Lipinski definition) is 3. The first kappa shape index (κ1) is 21.9. The van der Waals surface area contributed by atoms with Gasteiger partial charge in [-0.25, -0.2) is 0 Å². The Kier molecular flexibility index (Phi) is 17.2. The van der Waals surface area contributed by atoms with Gasteiger partial charge in [-0.05, 0) is 33.6 Å². The molecule has 0 atom stereocenters. The van der Waals surface area contributed by atoms with E-state index in [2.05, 4.69) is 27.7 Å². The van der Waals surface area contributed by atoms with E-state index in [1.807, 2.05) is 0 Å². The van der Waals surface area contributed by atoms with E-state index in [1.54, 1.807) is 0 Å². The summed E-state index contributed by atoms with van der Waals surface area (Å²) in [6, 6.07) is 0. The molecule has 0 aliphatic rings. The van der Waals surface area contributed by atoms with E-state index in [-0.39, 0.29) is 0 Å². The maximum absolute atomic E-state index is 8.57. The zero-order valence-electron chi connectivity index (χ0n) is 13.1. The van der Waals surface area contributed by atoms with Gasteiger partial charge in [0.15, 0.2) is 0 Å². The zero-order valence-corrected chi connectivity index (χ0v) is 15.3. The Labute approximate surface area is 128 Å². The molecule has 0 rings (SSSR count). The minimum atomic E-state index is -4.01. The van der Waals surface area contributed by atoms with Crippen molar-refractivity contribution in [1.82, 2.24) is 0 Å². The molecule has 118 valence electrons. The van der Waals surface area contributed by atoms with Gasteiger partial charge in [0.25, 0.3) is 21.1 Å². The standard InChI is InChI=1S/C14H32N.IO3/c1-5-9-10-11-12-13-14-15(6-2,7-3)8-4;2-1(3)4/h5-14H2,1-4H3;/q+1;-1. The number of unbranched alkanes of at least 4 members (excludes halogenated alkanes) is 5. The van der Waals surface area contributed by atoms with Gasteiger partial charge in [0.05, 0.1) is 26.2 Å². The van der Waals surface area contributed by atoms with Gasteiger partial charge in [0.2, 0.25) is 0 Å². The highest BCUT2D eigenvalue weighted by molar-refractivity contribution is 4.45. The van der Waals surface area contributed by atoms with E-state index in [0.29, 0.717) is 0 Å². The SMILES string of the molecule is CCCCCCCC[N+](CC)(CC)CC.[O-][I+2]([O-])[O-]. The summed E-state index contributed by atoms with van der Waals surface area (Å²) in [6.07, 6.45) is 8.55. The monoisotopic (exact) mass is 389 g/mol. The molecule has 0 aromatic heterocycles. The Hall–Kier alpha value is 0.570. The third-order valence-electron chi connectivity index (χ3n) is 4.00. The van der Waals surface area contributed by atoms with Crippen LogP contribution in [0.1, 0.15) is 66.2 Å². The van der Waals surface area contributed by atoms with Gasteiger partial charge in [-0.15, -0.1) is 0 Å². The van der Waals surface area contributed by atoms with E-state index in [0.717, 1.165) is 0 Å². The molecule has 0 bridgehead atoms. The van der Waals surface area contributed by atoms with Gasteiger partial charge in [-0.1, -0.05) is 32.6 Å². The predicted octanol–water partition coefficient (Wildman–Crippen LogP) is -2.34. The first-order valence-electron chi connectivity index (χ1n) is 7.56. The molecule has 4 nitrogen and oxygen atoms in total. The lowest BCUT2D eigenvalue weighted by molar-refractivity contribution is -1.73. The van der Waals surface area contributed by atoms with Crippen LogP contribution in [0.25, 0.3) is 0 Å². The molecule has 0 fully saturated rings. The Balaban J connectivity index is 0. The second-order valence-corrected chi connectivity index (χ2v) is 6.05. The van der Waals surface area contributed by atoms with Crippen molar-refractivity contribution >= 4 is 0 Å². The van der Waals surface area contributed by atoms with E-state index in [4.69, 9.17) is 10.3 Å². The van der Waals surface area contributed by atoms with Gasteiger partial charge in [0.1, 0.15) is 0 Å². The van der Waals surface area contributed by atoms with Crippen LogP contribution in [0.3, 0.4) is 0 Å². The molecule has 0 unspecified atom stereocenters. The largest absolute Gasteiger partial charge is 0.427 e. The molecule has 19 heavy (non-hydrogen) atoms. The molecule has 0 radical (unpaired) electrons. The van der Waals surface area contributed by atoms with Crippen molar-refractivity contribution in [2.75, 3.05) is 26.2 Å². The summed E-state index contributed by atoms with van der Waals surface area (Å²) in [4.78, 5) is 0. The molecule has 0 saturated carbocycles. The summed E-state index contributed by atoms with van der Waals surface area (Å²) in [6.45, 7) is 14.6. The number of halogens is 1. The molecular weight excluding hydrogens is 357 g/mol. The average molecular weight is 389 g/mol. The highest BCUT2D eigenvalue weighted by atomic mass is 127. The van der Waals surface area contributed by atoms with E-state index < -0.39 is 21.1 Å². The summed E-state index contributed by atoms with van der Waals surface area (Å²) in [5.74, 6) is 0. The van der Waals surface area contributed by atoms with Crippen LogP contribution in [0.2, 0.25) is 0 Å². The Bertz CT molecular complexity index is 165. The fourth-order valence-corrected chi connectivity index (χ4v) is 2.37. The molecule has 0 aromatic rings. The summed E-state index contributed by atoms with van der Waals surface area (Å²) in [5.41, 5.74) is 0. The lowest BCUT2D eigenvalue weighted by Crippen LogP contribution is -4.05. The first-order chi connectivity index (χ1) is 8.97. The minimum absolute atomic E-state index is 1.31. The average Bonchev–Trinajstić information content (AvgIpc) is 2.38. The summed E-state index contributed by atoms with van der Waals surface area (Å²) in [7, 11) is 0. The normalized spacial score (nSPS) is 11.4. The van der Waals surface area contributed by atoms with Crippen molar-refractivity contribution in [3.05, 3.63) is 0 Å². The molecule has 0 aromatic carbocycles. The minimum Gasteiger partial charge on any atom is -0.427 e. The highest BCUT2D eigenvalue weighted by Crippen LogP contribution is 2.11. The highest BCUT2D eigenvalue weighted by Gasteiger charge is 2.19. The second-order valence-electron chi connectivity index (χ2n) is 4.97. The quantitative estimate of drug-likeness (QED) is 0.239. The summed E-state index contributed by atoms with van der Waals surface area (Å²) in [5, 5.41) is 0. The van der Waals surface area contributed by atoms with Crippen LogP contribution in [0, 0.1) is 0 Å². The molecule has 0 aliphatic heterocycles. The molecule has 0 spiro atoms. The zero-order chi connectivity index (χ0) is 15.1. The van der Waals surface area contributed by atoms with Crippen LogP contribution >= 0.6 is 0 Å². The van der Waals surface area contributed by atoms with Crippen LogP contribution in [-0.2, 0) is 0 Å². The topological polar surface area (TPSA) is 69.2 Å². The number of rotatable bonds is 10. The lowest BCUT2D eigenvalue weighted by atomic mass is 10.1. The number of nitrogens with zero attached hydrogens (tertiary/aromatic N) is 1. The van der Waals surface area contributed by atoms with Crippen molar-refractivity contribution in [2.45, 2.75) is 66.2 Å². The van der Waals surface area contributed by atoms with E-state index >= 15 is 0 Å².